The van der Waals surface area contributed by atoms with Gasteiger partial charge in [0.05, 0.1) is 20.8 Å². The topological polar surface area (TPSA) is 56.8 Å². The molecule has 0 amide bonds. The monoisotopic (exact) mass is 329 g/mol. The maximum Gasteiger partial charge on any atom is 0.323 e. The third-order valence-electron chi connectivity index (χ3n) is 4.07. The second-order valence-electron chi connectivity index (χ2n) is 5.16. The molecule has 0 bridgehead atoms. The number of nitrogens with one attached hydrogen (secondary N) is 1. The number of ether oxygens (including phenoxy) is 3. The van der Waals surface area contributed by atoms with Crippen LogP contribution in [0.1, 0.15) is 29.2 Å². The molecule has 1 atom stereocenters. The van der Waals surface area contributed by atoms with Crippen molar-refractivity contribution in [3.8, 4) is 11.5 Å². The first-order chi connectivity index (χ1) is 10.0. The van der Waals surface area contributed by atoms with Crippen LogP contribution in [-0.4, -0.2) is 32.8 Å². The van der Waals surface area contributed by atoms with E-state index in [2.05, 4.69) is 5.32 Å². The highest BCUT2D eigenvalue weighted by atomic mass is 35.5. The van der Waals surface area contributed by atoms with Crippen LogP contribution in [0.25, 0.3) is 0 Å². The van der Waals surface area contributed by atoms with Crippen molar-refractivity contribution in [3.05, 3.63) is 22.3 Å². The van der Waals surface area contributed by atoms with Crippen LogP contribution >= 0.6 is 12.4 Å². The lowest BCUT2D eigenvalue weighted by Gasteiger charge is -2.29. The zero-order chi connectivity index (χ0) is 15.6. The predicted octanol–water partition coefficient (Wildman–Crippen LogP) is 2.32. The summed E-state index contributed by atoms with van der Waals surface area (Å²) in [6.45, 7) is 6.80. The summed E-state index contributed by atoms with van der Waals surface area (Å²) in [5.74, 6) is 1.50. The van der Waals surface area contributed by atoms with E-state index >= 15 is 0 Å². The van der Waals surface area contributed by atoms with Crippen molar-refractivity contribution >= 4 is 18.4 Å². The Kier molecular flexibility index (Phi) is 6.50. The molecule has 124 valence electrons. The number of fused-ring (bicyclic) bond motifs is 1. The molecule has 0 saturated carbocycles. The van der Waals surface area contributed by atoms with Crippen LogP contribution in [-0.2, 0) is 22.5 Å². The van der Waals surface area contributed by atoms with Crippen molar-refractivity contribution in [1.82, 2.24) is 5.32 Å². The lowest BCUT2D eigenvalue weighted by atomic mass is 9.89. The summed E-state index contributed by atoms with van der Waals surface area (Å²) >= 11 is 0. The van der Waals surface area contributed by atoms with E-state index in [-0.39, 0.29) is 24.4 Å². The van der Waals surface area contributed by atoms with E-state index in [1.54, 1.807) is 14.2 Å². The van der Waals surface area contributed by atoms with Gasteiger partial charge in [0.15, 0.2) is 0 Å². The van der Waals surface area contributed by atoms with Crippen molar-refractivity contribution in [1.29, 1.82) is 0 Å². The largest absolute Gasteiger partial charge is 0.496 e. The Bertz CT molecular complexity index is 560. The molecule has 5 nitrogen and oxygen atoms in total. The number of hydrogen-bond acceptors (Lipinski definition) is 5. The minimum Gasteiger partial charge on any atom is -0.496 e. The molecule has 1 aliphatic heterocycles. The molecule has 1 N–H and O–H groups in total. The van der Waals surface area contributed by atoms with Crippen LogP contribution in [0.3, 0.4) is 0 Å². The van der Waals surface area contributed by atoms with Gasteiger partial charge < -0.3 is 14.2 Å². The molecule has 0 radical (unpaired) electrons. The molecule has 1 heterocycles. The van der Waals surface area contributed by atoms with E-state index in [0.29, 0.717) is 19.6 Å². The normalized spacial score (nSPS) is 16.3. The Morgan fingerprint density at radius 3 is 2.18 bits per heavy atom. The molecule has 0 spiro atoms. The summed E-state index contributed by atoms with van der Waals surface area (Å²) in [7, 11) is 3.34. The fourth-order valence-electron chi connectivity index (χ4n) is 2.93. The van der Waals surface area contributed by atoms with E-state index in [9.17, 15) is 4.79 Å². The maximum atomic E-state index is 12.0. The minimum atomic E-state index is -0.335. The summed E-state index contributed by atoms with van der Waals surface area (Å²) in [6, 6.07) is -0.335. The Labute approximate surface area is 137 Å². The number of carbonyl (C=O) groups excluding carboxylic acids is 1. The molecule has 22 heavy (non-hydrogen) atoms. The number of rotatable bonds is 4. The smallest absolute Gasteiger partial charge is 0.323 e. The molecular formula is C16H24ClNO4. The first-order valence-electron chi connectivity index (χ1n) is 7.18. The maximum absolute atomic E-state index is 12.0. The summed E-state index contributed by atoms with van der Waals surface area (Å²) in [5, 5.41) is 3.22. The molecule has 1 unspecified atom stereocenters. The molecule has 0 fully saturated rings. The average Bonchev–Trinajstić information content (AvgIpc) is 2.49. The molecule has 1 aromatic rings. The standard InChI is InChI=1S/C16H23NO4.ClH/c1-6-21-16(18)13-7-11-12(8-17-13)15(20-5)10(3)9(2)14(11)19-4;/h13,17H,6-8H2,1-5H3;1H. The Morgan fingerprint density at radius 1 is 1.14 bits per heavy atom. The second-order valence-corrected chi connectivity index (χ2v) is 5.16. The first kappa shape index (κ1) is 18.6. The lowest BCUT2D eigenvalue weighted by Crippen LogP contribution is -2.43. The van der Waals surface area contributed by atoms with Crippen LogP contribution in [0.5, 0.6) is 11.5 Å². The van der Waals surface area contributed by atoms with Gasteiger partial charge in [-0.25, -0.2) is 0 Å². The molecule has 0 aromatic heterocycles. The fraction of sp³-hybridized carbons (Fsp3) is 0.562. The number of benzene rings is 1. The van der Waals surface area contributed by atoms with Crippen LogP contribution in [0, 0.1) is 13.8 Å². The van der Waals surface area contributed by atoms with Crippen molar-refractivity contribution in [3.63, 3.8) is 0 Å². The average molecular weight is 330 g/mol. The number of esters is 1. The molecule has 2 rings (SSSR count). The van der Waals surface area contributed by atoms with Gasteiger partial charge in [0.25, 0.3) is 0 Å². The highest BCUT2D eigenvalue weighted by molar-refractivity contribution is 5.85. The number of halogens is 1. The third-order valence-corrected chi connectivity index (χ3v) is 4.07. The van der Waals surface area contributed by atoms with Crippen molar-refractivity contribution in [2.75, 3.05) is 20.8 Å². The van der Waals surface area contributed by atoms with Crippen LogP contribution in [0.15, 0.2) is 0 Å². The summed E-state index contributed by atoms with van der Waals surface area (Å²) < 4.78 is 16.2. The molecular weight excluding hydrogens is 306 g/mol. The Hall–Kier alpha value is -1.46. The summed E-state index contributed by atoms with van der Waals surface area (Å²) in [6.07, 6.45) is 0.550. The van der Waals surface area contributed by atoms with Gasteiger partial charge >= 0.3 is 5.97 Å². The van der Waals surface area contributed by atoms with Gasteiger partial charge in [-0.2, -0.15) is 0 Å². The van der Waals surface area contributed by atoms with Crippen molar-refractivity contribution < 1.29 is 19.0 Å². The highest BCUT2D eigenvalue weighted by Crippen LogP contribution is 2.40. The molecule has 1 aromatic carbocycles. The van der Waals surface area contributed by atoms with Gasteiger partial charge in [-0.15, -0.1) is 12.4 Å². The molecule has 0 aliphatic carbocycles. The Morgan fingerprint density at radius 2 is 1.68 bits per heavy atom. The van der Waals surface area contributed by atoms with E-state index in [1.807, 2.05) is 20.8 Å². The van der Waals surface area contributed by atoms with Crippen molar-refractivity contribution in [2.24, 2.45) is 0 Å². The minimum absolute atomic E-state index is 0. The molecule has 1 aliphatic rings. The summed E-state index contributed by atoms with van der Waals surface area (Å²) in [4.78, 5) is 12.0. The molecule has 6 heteroatoms. The zero-order valence-electron chi connectivity index (χ0n) is 13.7. The van der Waals surface area contributed by atoms with Crippen LogP contribution in [0.4, 0.5) is 0 Å². The van der Waals surface area contributed by atoms with E-state index in [0.717, 1.165) is 33.8 Å². The second kappa shape index (κ2) is 7.70. The first-order valence-corrected chi connectivity index (χ1v) is 7.18. The lowest BCUT2D eigenvalue weighted by molar-refractivity contribution is -0.145. The third kappa shape index (κ3) is 3.15. The van der Waals surface area contributed by atoms with Gasteiger partial charge in [-0.05, 0) is 31.9 Å². The Balaban J connectivity index is 0.00000242. The van der Waals surface area contributed by atoms with Gasteiger partial charge in [0.2, 0.25) is 0 Å². The van der Waals surface area contributed by atoms with Gasteiger partial charge in [0, 0.05) is 24.1 Å². The van der Waals surface area contributed by atoms with Crippen LogP contribution < -0.4 is 14.8 Å². The molecule has 0 saturated heterocycles. The number of methoxy groups -OCH3 is 2. The van der Waals surface area contributed by atoms with Gasteiger partial charge in [-0.1, -0.05) is 0 Å². The van der Waals surface area contributed by atoms with E-state index in [1.165, 1.54) is 0 Å². The summed E-state index contributed by atoms with van der Waals surface area (Å²) in [5.41, 5.74) is 4.23. The highest BCUT2D eigenvalue weighted by Gasteiger charge is 2.31. The predicted molar refractivity (Wildman–Crippen MR) is 87.2 cm³/mol. The zero-order valence-corrected chi connectivity index (χ0v) is 14.6. The quantitative estimate of drug-likeness (QED) is 0.859. The van der Waals surface area contributed by atoms with Crippen LogP contribution in [0.2, 0.25) is 0 Å². The fourth-order valence-corrected chi connectivity index (χ4v) is 2.93. The number of hydrogen-bond donors (Lipinski definition) is 1. The van der Waals surface area contributed by atoms with Gasteiger partial charge in [0.1, 0.15) is 17.5 Å². The van der Waals surface area contributed by atoms with Gasteiger partial charge in [-0.3, -0.25) is 10.1 Å². The van der Waals surface area contributed by atoms with E-state index in [4.69, 9.17) is 14.2 Å². The van der Waals surface area contributed by atoms with E-state index < -0.39 is 0 Å². The van der Waals surface area contributed by atoms with Crippen molar-refractivity contribution in [2.45, 2.75) is 39.8 Å². The SMILES string of the molecule is CCOC(=O)C1Cc2c(c(OC)c(C)c(C)c2OC)CN1.Cl. The number of carbonyl (C=O) groups is 1.